The number of nitrogens with zero attached hydrogens (tertiary/aromatic N) is 3. The zero-order valence-corrected chi connectivity index (χ0v) is 17.1. The van der Waals surface area contributed by atoms with Crippen molar-refractivity contribution in [2.24, 2.45) is 16.1 Å². The van der Waals surface area contributed by atoms with Crippen molar-refractivity contribution in [2.75, 3.05) is 10.4 Å². The first-order valence-electron chi connectivity index (χ1n) is 11.2. The van der Waals surface area contributed by atoms with Crippen LogP contribution in [0.2, 0.25) is 0 Å². The van der Waals surface area contributed by atoms with Crippen molar-refractivity contribution in [3.8, 4) is 0 Å². The molecular weight excluding hydrogens is 356 g/mol. The molecule has 0 amide bonds. The van der Waals surface area contributed by atoms with Gasteiger partial charge in [-0.1, -0.05) is 49.2 Å². The van der Waals surface area contributed by atoms with Crippen LogP contribution in [0.3, 0.4) is 0 Å². The quantitative estimate of drug-likeness (QED) is 0.636. The Morgan fingerprint density at radius 3 is 2.48 bits per heavy atom. The molecule has 2 aromatic rings. The molecule has 2 aliphatic carbocycles. The van der Waals surface area contributed by atoms with E-state index in [0.29, 0.717) is 5.92 Å². The molecular formula is C25H30N4. The Morgan fingerprint density at radius 1 is 0.897 bits per heavy atom. The summed E-state index contributed by atoms with van der Waals surface area (Å²) in [6.07, 6.45) is 10.8. The minimum Gasteiger partial charge on any atom is -0.278 e. The Labute approximate surface area is 173 Å². The maximum Gasteiger partial charge on any atom is 0.104 e. The molecule has 2 aromatic carbocycles. The highest BCUT2D eigenvalue weighted by Gasteiger charge is 2.49. The fraction of sp³-hybridized carbons (Fsp3) is 0.440. The third kappa shape index (κ3) is 3.57. The average molecular weight is 387 g/mol. The zero-order valence-electron chi connectivity index (χ0n) is 17.1. The SMILES string of the molecule is c1ccc(N/N=C2\CCCC[C@@]23C[C@H]2CCCCC2=NN3c2ccccc2)cc1. The number of hydrogen-bond acceptors (Lipinski definition) is 4. The molecule has 2 fully saturated rings. The van der Waals surface area contributed by atoms with Crippen molar-refractivity contribution in [1.29, 1.82) is 0 Å². The van der Waals surface area contributed by atoms with Gasteiger partial charge in [-0.25, -0.2) is 0 Å². The van der Waals surface area contributed by atoms with E-state index in [1.54, 1.807) is 0 Å². The summed E-state index contributed by atoms with van der Waals surface area (Å²) in [5.41, 5.74) is 8.15. The van der Waals surface area contributed by atoms with Crippen molar-refractivity contribution in [2.45, 2.75) is 63.3 Å². The van der Waals surface area contributed by atoms with Gasteiger partial charge in [-0.3, -0.25) is 10.4 Å². The minimum absolute atomic E-state index is 0.104. The molecule has 0 bridgehead atoms. The summed E-state index contributed by atoms with van der Waals surface area (Å²) in [6, 6.07) is 21.0. The molecule has 0 aromatic heterocycles. The van der Waals surface area contributed by atoms with Crippen LogP contribution in [0.15, 0.2) is 70.9 Å². The molecule has 2 atom stereocenters. The van der Waals surface area contributed by atoms with Gasteiger partial charge in [-0.15, -0.1) is 0 Å². The fourth-order valence-electron chi connectivity index (χ4n) is 5.35. The molecule has 3 aliphatic rings. The minimum atomic E-state index is -0.104. The number of anilines is 2. The molecule has 1 N–H and O–H groups in total. The van der Waals surface area contributed by atoms with Crippen LogP contribution in [0.5, 0.6) is 0 Å². The smallest absolute Gasteiger partial charge is 0.104 e. The van der Waals surface area contributed by atoms with Gasteiger partial charge >= 0.3 is 0 Å². The summed E-state index contributed by atoms with van der Waals surface area (Å²) < 4.78 is 0. The molecule has 1 aliphatic heterocycles. The largest absolute Gasteiger partial charge is 0.278 e. The van der Waals surface area contributed by atoms with Crippen molar-refractivity contribution in [3.05, 3.63) is 60.7 Å². The number of hydrazone groups is 2. The highest BCUT2D eigenvalue weighted by atomic mass is 15.5. The van der Waals surface area contributed by atoms with E-state index in [4.69, 9.17) is 10.2 Å². The molecule has 4 heteroatoms. The van der Waals surface area contributed by atoms with Crippen molar-refractivity contribution in [1.82, 2.24) is 0 Å². The maximum atomic E-state index is 5.30. The van der Waals surface area contributed by atoms with E-state index < -0.39 is 0 Å². The Hall–Kier alpha value is -2.62. The van der Waals surface area contributed by atoms with Gasteiger partial charge < -0.3 is 0 Å². The topological polar surface area (TPSA) is 40.0 Å². The predicted molar refractivity (Wildman–Crippen MR) is 122 cm³/mol. The Morgan fingerprint density at radius 2 is 1.66 bits per heavy atom. The third-order valence-corrected chi connectivity index (χ3v) is 6.81. The van der Waals surface area contributed by atoms with Crippen LogP contribution in [-0.4, -0.2) is 17.0 Å². The highest BCUT2D eigenvalue weighted by Crippen LogP contribution is 2.45. The van der Waals surface area contributed by atoms with E-state index in [2.05, 4.69) is 65.0 Å². The highest BCUT2D eigenvalue weighted by molar-refractivity contribution is 6.01. The summed E-state index contributed by atoms with van der Waals surface area (Å²) >= 11 is 0. The van der Waals surface area contributed by atoms with Gasteiger partial charge in [0.15, 0.2) is 0 Å². The maximum absolute atomic E-state index is 5.30. The van der Waals surface area contributed by atoms with E-state index in [1.807, 2.05) is 6.07 Å². The van der Waals surface area contributed by atoms with Crippen LogP contribution in [0.25, 0.3) is 0 Å². The van der Waals surface area contributed by atoms with Crippen LogP contribution in [0, 0.1) is 5.92 Å². The number of nitrogens with one attached hydrogen (secondary N) is 1. The van der Waals surface area contributed by atoms with Crippen LogP contribution in [-0.2, 0) is 0 Å². The van der Waals surface area contributed by atoms with Crippen LogP contribution in [0.4, 0.5) is 11.4 Å². The van der Waals surface area contributed by atoms with Crippen molar-refractivity contribution in [3.63, 3.8) is 0 Å². The fourth-order valence-corrected chi connectivity index (χ4v) is 5.35. The summed E-state index contributed by atoms with van der Waals surface area (Å²) in [5.74, 6) is 0.615. The molecule has 1 spiro atoms. The summed E-state index contributed by atoms with van der Waals surface area (Å²) in [5, 5.41) is 12.6. The first-order chi connectivity index (χ1) is 14.4. The monoisotopic (exact) mass is 386 g/mol. The van der Waals surface area contributed by atoms with E-state index in [9.17, 15) is 0 Å². The molecule has 2 saturated carbocycles. The van der Waals surface area contributed by atoms with Gasteiger partial charge in [-0.2, -0.15) is 10.2 Å². The molecule has 5 rings (SSSR count). The standard InChI is InChI=1S/C25H30N4/c1-3-12-21(13-4-1)26-27-24-17-9-10-18-25(24)19-20-11-7-8-16-23(20)28-29(25)22-14-5-2-6-15-22/h1-6,12-15,20,26H,7-11,16-19H2/b27-24+/t20-,25-/m1/s1. The second-order valence-corrected chi connectivity index (χ2v) is 8.66. The van der Waals surface area contributed by atoms with Gasteiger partial charge in [0, 0.05) is 11.6 Å². The molecule has 0 radical (unpaired) electrons. The van der Waals surface area contributed by atoms with E-state index in [1.165, 1.54) is 49.2 Å². The summed E-state index contributed by atoms with van der Waals surface area (Å²) in [7, 11) is 0. The lowest BCUT2D eigenvalue weighted by Crippen LogP contribution is -2.59. The lowest BCUT2D eigenvalue weighted by molar-refractivity contribution is 0.323. The van der Waals surface area contributed by atoms with Crippen LogP contribution < -0.4 is 10.4 Å². The Kier molecular flexibility index (Phi) is 5.09. The molecule has 150 valence electrons. The third-order valence-electron chi connectivity index (χ3n) is 6.81. The first kappa shape index (κ1) is 18.4. The molecule has 1 heterocycles. The number of hydrogen-bond donors (Lipinski definition) is 1. The van der Waals surface area contributed by atoms with E-state index in [-0.39, 0.29) is 5.54 Å². The van der Waals surface area contributed by atoms with Gasteiger partial charge in [0.1, 0.15) is 5.54 Å². The molecule has 29 heavy (non-hydrogen) atoms. The van der Waals surface area contributed by atoms with Crippen molar-refractivity contribution >= 4 is 22.8 Å². The number of benzene rings is 2. The average Bonchev–Trinajstić information content (AvgIpc) is 2.79. The Balaban J connectivity index is 1.56. The van der Waals surface area contributed by atoms with Gasteiger partial charge in [-0.05, 0) is 69.2 Å². The van der Waals surface area contributed by atoms with Gasteiger partial charge in [0.25, 0.3) is 0 Å². The molecule has 0 unspecified atom stereocenters. The molecule has 0 saturated heterocycles. The summed E-state index contributed by atoms with van der Waals surface area (Å²) in [4.78, 5) is 0. The van der Waals surface area contributed by atoms with Crippen LogP contribution in [0.1, 0.15) is 57.8 Å². The lowest BCUT2D eigenvalue weighted by atomic mass is 9.69. The summed E-state index contributed by atoms with van der Waals surface area (Å²) in [6.45, 7) is 0. The number of fused-ring (bicyclic) bond motifs is 1. The van der Waals surface area contributed by atoms with Gasteiger partial charge in [0.05, 0.1) is 17.1 Å². The number of para-hydroxylation sites is 2. The van der Waals surface area contributed by atoms with E-state index in [0.717, 1.165) is 31.4 Å². The molecule has 4 nitrogen and oxygen atoms in total. The number of rotatable bonds is 3. The second-order valence-electron chi connectivity index (χ2n) is 8.66. The van der Waals surface area contributed by atoms with Crippen LogP contribution >= 0.6 is 0 Å². The second kappa shape index (κ2) is 8.02. The Bertz CT molecular complexity index is 890. The van der Waals surface area contributed by atoms with Crippen molar-refractivity contribution < 1.29 is 0 Å². The zero-order chi connectivity index (χ0) is 19.5. The van der Waals surface area contributed by atoms with E-state index >= 15 is 0 Å². The normalized spacial score (nSPS) is 28.1. The predicted octanol–water partition coefficient (Wildman–Crippen LogP) is 6.22. The van der Waals surface area contributed by atoms with Gasteiger partial charge in [0.2, 0.25) is 0 Å². The first-order valence-corrected chi connectivity index (χ1v) is 11.2. The lowest BCUT2D eigenvalue weighted by Gasteiger charge is -2.51.